The molecule has 0 saturated heterocycles. The zero-order valence-electron chi connectivity index (χ0n) is 13.2. The smallest absolute Gasteiger partial charge is 0.252 e. The number of thioether (sulfide) groups is 1. The van der Waals surface area contributed by atoms with E-state index in [1.807, 2.05) is 49.4 Å². The van der Waals surface area contributed by atoms with Gasteiger partial charge in [-0.3, -0.25) is 4.79 Å². The van der Waals surface area contributed by atoms with Crippen molar-refractivity contribution in [2.75, 3.05) is 7.11 Å². The summed E-state index contributed by atoms with van der Waals surface area (Å²) in [6.45, 7) is 1.88. The number of carbonyl (C=O) groups is 1. The third kappa shape index (κ3) is 5.45. The van der Waals surface area contributed by atoms with Gasteiger partial charge in [-0.15, -0.1) is 11.8 Å². The van der Waals surface area contributed by atoms with Crippen LogP contribution in [0.3, 0.4) is 0 Å². The Labute approximate surface area is 140 Å². The predicted octanol–water partition coefficient (Wildman–Crippen LogP) is 3.47. The Morgan fingerprint density at radius 1 is 1.22 bits per heavy atom. The van der Waals surface area contributed by atoms with Crippen molar-refractivity contribution in [1.29, 1.82) is 0 Å². The molecular weight excluding hydrogens is 308 g/mol. The van der Waals surface area contributed by atoms with E-state index in [1.54, 1.807) is 25.1 Å². The van der Waals surface area contributed by atoms with Gasteiger partial charge in [-0.05, 0) is 24.6 Å². The molecule has 0 aliphatic heterocycles. The molecule has 0 aliphatic carbocycles. The standard InChI is InChI=1S/C18H20N2O2S/c1-14(23-13-15-8-4-3-5-9-15)18(21)20-19-12-16-10-6-7-11-17(16)22-2/h3-12,14H,13H2,1-2H3,(H,20,21)/b19-12-/t14-/m0/s1. The number of ether oxygens (including phenoxy) is 1. The molecule has 0 bridgehead atoms. The van der Waals surface area contributed by atoms with Gasteiger partial charge < -0.3 is 4.74 Å². The minimum Gasteiger partial charge on any atom is -0.496 e. The van der Waals surface area contributed by atoms with Crippen LogP contribution in [0, 0.1) is 0 Å². The summed E-state index contributed by atoms with van der Waals surface area (Å²) < 4.78 is 5.23. The fourth-order valence-corrected chi connectivity index (χ4v) is 2.74. The first kappa shape index (κ1) is 17.1. The third-order valence-electron chi connectivity index (χ3n) is 3.23. The lowest BCUT2D eigenvalue weighted by Gasteiger charge is -2.09. The van der Waals surface area contributed by atoms with Crippen LogP contribution in [0.1, 0.15) is 18.1 Å². The summed E-state index contributed by atoms with van der Waals surface area (Å²) in [4.78, 5) is 12.0. The summed E-state index contributed by atoms with van der Waals surface area (Å²) in [5.41, 5.74) is 4.60. The lowest BCUT2D eigenvalue weighted by Crippen LogP contribution is -2.27. The number of hydrogen-bond acceptors (Lipinski definition) is 4. The van der Waals surface area contributed by atoms with Crippen LogP contribution < -0.4 is 10.2 Å². The van der Waals surface area contributed by atoms with Gasteiger partial charge in [-0.2, -0.15) is 5.10 Å². The molecule has 0 aliphatic rings. The van der Waals surface area contributed by atoms with Gasteiger partial charge in [0.15, 0.2) is 0 Å². The summed E-state index contributed by atoms with van der Waals surface area (Å²) in [5.74, 6) is 1.40. The molecule has 1 amide bonds. The number of hydrogen-bond donors (Lipinski definition) is 1. The molecule has 0 fully saturated rings. The van der Waals surface area contributed by atoms with Crippen LogP contribution in [0.2, 0.25) is 0 Å². The van der Waals surface area contributed by atoms with Gasteiger partial charge in [0.2, 0.25) is 0 Å². The normalized spacial score (nSPS) is 12.1. The van der Waals surface area contributed by atoms with Crippen molar-refractivity contribution < 1.29 is 9.53 Å². The Kier molecular flexibility index (Phi) is 6.69. The van der Waals surface area contributed by atoms with Crippen molar-refractivity contribution in [2.24, 2.45) is 5.10 Å². The molecule has 4 nitrogen and oxygen atoms in total. The fraction of sp³-hybridized carbons (Fsp3) is 0.222. The summed E-state index contributed by atoms with van der Waals surface area (Å²) in [5, 5.41) is 3.83. The van der Waals surface area contributed by atoms with Crippen molar-refractivity contribution in [3.8, 4) is 5.75 Å². The summed E-state index contributed by atoms with van der Waals surface area (Å²) >= 11 is 1.58. The van der Waals surface area contributed by atoms with Crippen molar-refractivity contribution in [2.45, 2.75) is 17.9 Å². The van der Waals surface area contributed by atoms with E-state index in [2.05, 4.69) is 22.7 Å². The summed E-state index contributed by atoms with van der Waals surface area (Å²) in [6, 6.07) is 17.6. The number of benzene rings is 2. The van der Waals surface area contributed by atoms with Gasteiger partial charge in [-0.1, -0.05) is 42.5 Å². The Morgan fingerprint density at radius 2 is 1.91 bits per heavy atom. The minimum absolute atomic E-state index is 0.114. The van der Waals surface area contributed by atoms with Gasteiger partial charge in [0.1, 0.15) is 5.75 Å². The molecule has 0 unspecified atom stereocenters. The topological polar surface area (TPSA) is 50.7 Å². The molecule has 0 saturated carbocycles. The lowest BCUT2D eigenvalue weighted by atomic mass is 10.2. The van der Waals surface area contributed by atoms with E-state index in [1.165, 1.54) is 5.56 Å². The van der Waals surface area contributed by atoms with E-state index in [-0.39, 0.29) is 11.2 Å². The van der Waals surface area contributed by atoms with Gasteiger partial charge in [-0.25, -0.2) is 5.43 Å². The fourth-order valence-electron chi connectivity index (χ4n) is 1.90. The molecule has 0 spiro atoms. The zero-order valence-corrected chi connectivity index (χ0v) is 14.0. The van der Waals surface area contributed by atoms with Gasteiger partial charge >= 0.3 is 0 Å². The van der Waals surface area contributed by atoms with Crippen LogP contribution in [-0.4, -0.2) is 24.5 Å². The first-order valence-electron chi connectivity index (χ1n) is 7.32. The van der Waals surface area contributed by atoms with E-state index in [0.717, 1.165) is 17.1 Å². The number of amides is 1. The van der Waals surface area contributed by atoms with E-state index in [0.29, 0.717) is 0 Å². The number of para-hydroxylation sites is 1. The second-order valence-corrected chi connectivity index (χ2v) is 6.24. The highest BCUT2D eigenvalue weighted by Crippen LogP contribution is 2.17. The molecule has 1 N–H and O–H groups in total. The van der Waals surface area contributed by atoms with Crippen molar-refractivity contribution in [3.05, 3.63) is 65.7 Å². The second kappa shape index (κ2) is 9.00. The van der Waals surface area contributed by atoms with Gasteiger partial charge in [0, 0.05) is 11.3 Å². The molecule has 120 valence electrons. The van der Waals surface area contributed by atoms with E-state index in [4.69, 9.17) is 4.74 Å². The van der Waals surface area contributed by atoms with Gasteiger partial charge in [0.05, 0.1) is 18.6 Å². The largest absolute Gasteiger partial charge is 0.496 e. The minimum atomic E-state index is -0.176. The molecule has 0 radical (unpaired) electrons. The van der Waals surface area contributed by atoms with E-state index in [9.17, 15) is 4.79 Å². The van der Waals surface area contributed by atoms with Gasteiger partial charge in [0.25, 0.3) is 5.91 Å². The first-order chi connectivity index (χ1) is 11.2. The van der Waals surface area contributed by atoms with Crippen LogP contribution in [-0.2, 0) is 10.5 Å². The molecule has 1 atom stereocenters. The number of carbonyl (C=O) groups excluding carboxylic acids is 1. The number of hydrazone groups is 1. The number of methoxy groups -OCH3 is 1. The Hall–Kier alpha value is -2.27. The molecular formula is C18H20N2O2S. The molecule has 0 heterocycles. The maximum absolute atomic E-state index is 12.0. The Balaban J connectivity index is 1.83. The van der Waals surface area contributed by atoms with Crippen LogP contribution in [0.25, 0.3) is 0 Å². The van der Waals surface area contributed by atoms with E-state index >= 15 is 0 Å². The van der Waals surface area contributed by atoms with Crippen molar-refractivity contribution in [1.82, 2.24) is 5.43 Å². The average Bonchev–Trinajstić information content (AvgIpc) is 2.60. The van der Waals surface area contributed by atoms with Crippen LogP contribution in [0.15, 0.2) is 59.7 Å². The highest BCUT2D eigenvalue weighted by molar-refractivity contribution is 7.99. The Bertz CT molecular complexity index is 659. The average molecular weight is 328 g/mol. The monoisotopic (exact) mass is 328 g/mol. The SMILES string of the molecule is COc1ccccc1/C=N\NC(=O)[C@H](C)SCc1ccccc1. The highest BCUT2D eigenvalue weighted by Gasteiger charge is 2.12. The molecule has 2 aromatic carbocycles. The van der Waals surface area contributed by atoms with E-state index < -0.39 is 0 Å². The van der Waals surface area contributed by atoms with Crippen LogP contribution >= 0.6 is 11.8 Å². The molecule has 0 aromatic heterocycles. The summed E-state index contributed by atoms with van der Waals surface area (Å²) in [6.07, 6.45) is 1.59. The highest BCUT2D eigenvalue weighted by atomic mass is 32.2. The maximum Gasteiger partial charge on any atom is 0.252 e. The number of nitrogens with zero attached hydrogens (tertiary/aromatic N) is 1. The predicted molar refractivity (Wildman–Crippen MR) is 95.9 cm³/mol. The molecule has 5 heteroatoms. The lowest BCUT2D eigenvalue weighted by molar-refractivity contribution is -0.120. The first-order valence-corrected chi connectivity index (χ1v) is 8.37. The molecule has 2 rings (SSSR count). The van der Waals surface area contributed by atoms with Crippen LogP contribution in [0.4, 0.5) is 0 Å². The number of rotatable bonds is 7. The maximum atomic E-state index is 12.0. The summed E-state index contributed by atoms with van der Waals surface area (Å²) in [7, 11) is 1.60. The number of nitrogens with one attached hydrogen (secondary N) is 1. The zero-order chi connectivity index (χ0) is 16.5. The molecule has 23 heavy (non-hydrogen) atoms. The van der Waals surface area contributed by atoms with Crippen LogP contribution in [0.5, 0.6) is 5.75 Å². The Morgan fingerprint density at radius 3 is 2.65 bits per heavy atom. The van der Waals surface area contributed by atoms with Crippen molar-refractivity contribution >= 4 is 23.9 Å². The quantitative estimate of drug-likeness (QED) is 0.625. The third-order valence-corrected chi connectivity index (χ3v) is 4.44. The van der Waals surface area contributed by atoms with Crippen molar-refractivity contribution in [3.63, 3.8) is 0 Å². The molecule has 2 aromatic rings. The second-order valence-electron chi connectivity index (χ2n) is 4.92.